The van der Waals surface area contributed by atoms with Crippen LogP contribution < -0.4 is 5.32 Å². The van der Waals surface area contributed by atoms with Crippen LogP contribution in [-0.4, -0.2) is 14.5 Å². The largest absolute Gasteiger partial charge is 0.337 e. The first-order valence-electron chi connectivity index (χ1n) is 5.57. The molecule has 18 heavy (non-hydrogen) atoms. The van der Waals surface area contributed by atoms with Gasteiger partial charge in [-0.05, 0) is 5.56 Å². The van der Waals surface area contributed by atoms with Crippen LogP contribution in [0.25, 0.3) is 0 Å². The molecule has 0 saturated heterocycles. The highest BCUT2D eigenvalue weighted by Crippen LogP contribution is 2.11. The van der Waals surface area contributed by atoms with Gasteiger partial charge in [0, 0.05) is 38.1 Å². The zero-order valence-corrected chi connectivity index (χ0v) is 10.0. The molecule has 0 aliphatic heterocycles. The molecule has 0 spiro atoms. The van der Waals surface area contributed by atoms with Gasteiger partial charge in [0.05, 0.1) is 11.5 Å². The maximum absolute atomic E-state index is 10.5. The third kappa shape index (κ3) is 2.92. The number of hydrogen-bond acceptors (Lipinski definition) is 4. The Balaban J connectivity index is 1.87. The van der Waals surface area contributed by atoms with Crippen molar-refractivity contribution in [1.29, 1.82) is 0 Å². The van der Waals surface area contributed by atoms with Crippen molar-refractivity contribution in [3.63, 3.8) is 0 Å². The van der Waals surface area contributed by atoms with E-state index in [-0.39, 0.29) is 5.69 Å². The number of nitrogens with one attached hydrogen (secondary N) is 1. The van der Waals surface area contributed by atoms with Crippen LogP contribution in [0.5, 0.6) is 0 Å². The summed E-state index contributed by atoms with van der Waals surface area (Å²) in [6.45, 7) is 1.32. The molecule has 0 fully saturated rings. The number of nitro groups is 1. The first-order valence-corrected chi connectivity index (χ1v) is 5.57. The minimum atomic E-state index is -0.398. The summed E-state index contributed by atoms with van der Waals surface area (Å²) in [4.78, 5) is 14.3. The van der Waals surface area contributed by atoms with Crippen molar-refractivity contribution in [2.45, 2.75) is 13.1 Å². The average molecular weight is 246 g/mol. The van der Waals surface area contributed by atoms with Crippen molar-refractivity contribution >= 4 is 5.69 Å². The second kappa shape index (κ2) is 5.42. The molecule has 0 atom stereocenters. The van der Waals surface area contributed by atoms with E-state index in [2.05, 4.69) is 10.3 Å². The van der Waals surface area contributed by atoms with Gasteiger partial charge in [-0.2, -0.15) is 0 Å². The third-order valence-corrected chi connectivity index (χ3v) is 2.68. The van der Waals surface area contributed by atoms with Gasteiger partial charge in [-0.15, -0.1) is 0 Å². The molecule has 0 aliphatic carbocycles. The van der Waals surface area contributed by atoms with Gasteiger partial charge in [-0.25, -0.2) is 4.98 Å². The Bertz CT molecular complexity index is 533. The lowest BCUT2D eigenvalue weighted by Gasteiger charge is -2.05. The molecule has 0 saturated carbocycles. The number of non-ortho nitro benzene ring substituents is 1. The summed E-state index contributed by atoms with van der Waals surface area (Å²) in [6.07, 6.45) is 3.64. The van der Waals surface area contributed by atoms with Crippen molar-refractivity contribution < 1.29 is 4.92 Å². The summed E-state index contributed by atoms with van der Waals surface area (Å²) in [7, 11) is 1.94. The van der Waals surface area contributed by atoms with E-state index in [0.29, 0.717) is 13.1 Å². The predicted molar refractivity (Wildman–Crippen MR) is 66.8 cm³/mol. The first kappa shape index (κ1) is 12.3. The minimum Gasteiger partial charge on any atom is -0.337 e. The summed E-state index contributed by atoms with van der Waals surface area (Å²) in [5, 5.41) is 13.7. The summed E-state index contributed by atoms with van der Waals surface area (Å²) in [5.41, 5.74) is 1.12. The summed E-state index contributed by atoms with van der Waals surface area (Å²) in [6, 6.07) is 6.53. The van der Waals surface area contributed by atoms with E-state index in [9.17, 15) is 10.1 Å². The van der Waals surface area contributed by atoms with Gasteiger partial charge in [-0.1, -0.05) is 12.1 Å². The van der Waals surface area contributed by atoms with E-state index in [0.717, 1.165) is 11.4 Å². The van der Waals surface area contributed by atoms with E-state index in [4.69, 9.17) is 0 Å². The molecule has 6 nitrogen and oxygen atoms in total. The van der Waals surface area contributed by atoms with E-state index < -0.39 is 4.92 Å². The predicted octanol–water partition coefficient (Wildman–Crippen LogP) is 1.62. The van der Waals surface area contributed by atoms with E-state index in [1.54, 1.807) is 18.3 Å². The maximum atomic E-state index is 10.5. The average Bonchev–Trinajstić information content (AvgIpc) is 2.76. The van der Waals surface area contributed by atoms with Crippen LogP contribution >= 0.6 is 0 Å². The van der Waals surface area contributed by atoms with Gasteiger partial charge >= 0.3 is 0 Å². The Kier molecular flexibility index (Phi) is 3.69. The number of rotatable bonds is 5. The monoisotopic (exact) mass is 246 g/mol. The summed E-state index contributed by atoms with van der Waals surface area (Å²) >= 11 is 0. The highest BCUT2D eigenvalue weighted by molar-refractivity contribution is 5.32. The topological polar surface area (TPSA) is 73.0 Å². The van der Waals surface area contributed by atoms with Crippen LogP contribution in [-0.2, 0) is 20.1 Å². The molecule has 1 aromatic carbocycles. The third-order valence-electron chi connectivity index (χ3n) is 2.68. The van der Waals surface area contributed by atoms with Crippen LogP contribution in [0.4, 0.5) is 5.69 Å². The normalized spacial score (nSPS) is 10.5. The summed E-state index contributed by atoms with van der Waals surface area (Å²) in [5.74, 6) is 0.955. The minimum absolute atomic E-state index is 0.114. The smallest absolute Gasteiger partial charge is 0.269 e. The molecule has 0 aliphatic rings. The van der Waals surface area contributed by atoms with Gasteiger partial charge < -0.3 is 9.88 Å². The molecular formula is C12H14N4O2. The standard InChI is InChI=1S/C12H14N4O2/c1-15-7-6-14-12(15)9-13-8-10-2-4-11(5-3-10)16(17)18/h2-7,13H,8-9H2,1H3. The fraction of sp³-hybridized carbons (Fsp3) is 0.250. The van der Waals surface area contributed by atoms with Gasteiger partial charge in [0.2, 0.25) is 0 Å². The number of benzene rings is 1. The molecule has 1 N–H and O–H groups in total. The lowest BCUT2D eigenvalue weighted by Crippen LogP contribution is -2.15. The van der Waals surface area contributed by atoms with Crippen molar-refractivity contribution in [2.75, 3.05) is 0 Å². The number of imidazole rings is 1. The van der Waals surface area contributed by atoms with Crippen LogP contribution in [0.2, 0.25) is 0 Å². The molecule has 1 aromatic heterocycles. The van der Waals surface area contributed by atoms with Gasteiger partial charge in [-0.3, -0.25) is 10.1 Å². The van der Waals surface area contributed by atoms with Crippen LogP contribution in [0, 0.1) is 10.1 Å². The highest BCUT2D eigenvalue weighted by Gasteiger charge is 2.04. The Morgan fingerprint density at radius 1 is 1.33 bits per heavy atom. The van der Waals surface area contributed by atoms with Crippen molar-refractivity contribution in [3.05, 3.63) is 58.2 Å². The van der Waals surface area contributed by atoms with E-state index >= 15 is 0 Å². The number of aryl methyl sites for hydroxylation is 1. The van der Waals surface area contributed by atoms with Crippen LogP contribution in [0.3, 0.4) is 0 Å². The second-order valence-corrected chi connectivity index (χ2v) is 3.98. The van der Waals surface area contributed by atoms with E-state index in [1.807, 2.05) is 17.8 Å². The van der Waals surface area contributed by atoms with Crippen molar-refractivity contribution in [1.82, 2.24) is 14.9 Å². The zero-order valence-electron chi connectivity index (χ0n) is 10.0. The number of aromatic nitrogens is 2. The Labute approximate surface area is 104 Å². The van der Waals surface area contributed by atoms with Crippen LogP contribution in [0.1, 0.15) is 11.4 Å². The number of nitro benzene ring substituents is 1. The zero-order chi connectivity index (χ0) is 13.0. The maximum Gasteiger partial charge on any atom is 0.269 e. The fourth-order valence-electron chi connectivity index (χ4n) is 1.62. The fourth-order valence-corrected chi connectivity index (χ4v) is 1.62. The Morgan fingerprint density at radius 3 is 2.61 bits per heavy atom. The molecule has 2 rings (SSSR count). The quantitative estimate of drug-likeness (QED) is 0.642. The van der Waals surface area contributed by atoms with Gasteiger partial charge in [0.1, 0.15) is 5.82 Å². The molecule has 94 valence electrons. The highest BCUT2D eigenvalue weighted by atomic mass is 16.6. The van der Waals surface area contributed by atoms with E-state index in [1.165, 1.54) is 12.1 Å². The Morgan fingerprint density at radius 2 is 2.06 bits per heavy atom. The molecule has 0 radical (unpaired) electrons. The van der Waals surface area contributed by atoms with Crippen molar-refractivity contribution in [3.8, 4) is 0 Å². The molecule has 0 unspecified atom stereocenters. The molecule has 1 heterocycles. The second-order valence-electron chi connectivity index (χ2n) is 3.98. The lowest BCUT2D eigenvalue weighted by atomic mass is 10.2. The van der Waals surface area contributed by atoms with Crippen molar-refractivity contribution in [2.24, 2.45) is 7.05 Å². The van der Waals surface area contributed by atoms with Crippen LogP contribution in [0.15, 0.2) is 36.7 Å². The number of hydrogen-bond donors (Lipinski definition) is 1. The molecule has 0 bridgehead atoms. The molecule has 6 heteroatoms. The van der Waals surface area contributed by atoms with Gasteiger partial charge in [0.25, 0.3) is 5.69 Å². The Hall–Kier alpha value is -2.21. The lowest BCUT2D eigenvalue weighted by molar-refractivity contribution is -0.384. The number of nitrogens with zero attached hydrogens (tertiary/aromatic N) is 3. The molecule has 0 amide bonds. The van der Waals surface area contributed by atoms with Gasteiger partial charge in [0.15, 0.2) is 0 Å². The summed E-state index contributed by atoms with van der Waals surface area (Å²) < 4.78 is 1.95. The first-order chi connectivity index (χ1) is 8.66. The SMILES string of the molecule is Cn1ccnc1CNCc1ccc([N+](=O)[O-])cc1. The molecular weight excluding hydrogens is 232 g/mol. The molecule has 2 aromatic rings.